The van der Waals surface area contributed by atoms with E-state index in [0.717, 1.165) is 16.9 Å². The van der Waals surface area contributed by atoms with Gasteiger partial charge in [-0.3, -0.25) is 0 Å². The molecule has 1 aromatic heterocycles. The molecule has 0 aliphatic heterocycles. The van der Waals surface area contributed by atoms with Crippen molar-refractivity contribution in [3.05, 3.63) is 65.7 Å². The van der Waals surface area contributed by atoms with Gasteiger partial charge in [0.2, 0.25) is 5.95 Å². The number of benzene rings is 2. The van der Waals surface area contributed by atoms with E-state index in [-0.39, 0.29) is 12.6 Å². The van der Waals surface area contributed by atoms with Gasteiger partial charge in [-0.1, -0.05) is 42.5 Å². The number of nitrogens with zero attached hydrogens (tertiary/aromatic N) is 2. The van der Waals surface area contributed by atoms with Crippen molar-refractivity contribution in [3.8, 4) is 11.3 Å². The maximum absolute atomic E-state index is 9.32. The summed E-state index contributed by atoms with van der Waals surface area (Å²) < 4.78 is 0. The van der Waals surface area contributed by atoms with Gasteiger partial charge in [-0.2, -0.15) is 4.98 Å². The highest BCUT2D eigenvalue weighted by atomic mass is 16.3. The molecule has 3 N–H and O–H groups in total. The topological polar surface area (TPSA) is 70.1 Å². The van der Waals surface area contributed by atoms with E-state index >= 15 is 0 Å². The molecule has 1 heterocycles. The fraction of sp³-hybridized carbons (Fsp3) is 0.238. The van der Waals surface area contributed by atoms with E-state index in [1.54, 1.807) is 0 Å². The molecule has 0 spiro atoms. The summed E-state index contributed by atoms with van der Waals surface area (Å²) in [6.07, 6.45) is 0. The van der Waals surface area contributed by atoms with Crippen LogP contribution in [0, 0.1) is 13.8 Å². The smallest absolute Gasteiger partial charge is 0.225 e. The Kier molecular flexibility index (Phi) is 5.49. The van der Waals surface area contributed by atoms with Gasteiger partial charge in [0.15, 0.2) is 0 Å². The summed E-state index contributed by atoms with van der Waals surface area (Å²) >= 11 is 0. The van der Waals surface area contributed by atoms with Crippen LogP contribution in [0.15, 0.2) is 54.6 Å². The lowest BCUT2D eigenvalue weighted by molar-refractivity contribution is 0.281. The van der Waals surface area contributed by atoms with Crippen LogP contribution in [0.1, 0.15) is 18.1 Å². The van der Waals surface area contributed by atoms with E-state index < -0.39 is 0 Å². The average Bonchev–Trinajstić information content (AvgIpc) is 2.66. The molecule has 1 atom stereocenters. The summed E-state index contributed by atoms with van der Waals surface area (Å²) in [5.74, 6) is 1.20. The van der Waals surface area contributed by atoms with Gasteiger partial charge in [-0.25, -0.2) is 4.98 Å². The maximum Gasteiger partial charge on any atom is 0.225 e. The van der Waals surface area contributed by atoms with Crippen LogP contribution in [0.2, 0.25) is 0 Å². The van der Waals surface area contributed by atoms with Crippen molar-refractivity contribution >= 4 is 17.5 Å². The third-order valence-electron chi connectivity index (χ3n) is 4.31. The first-order valence-electron chi connectivity index (χ1n) is 8.72. The minimum absolute atomic E-state index is 0.0126. The second kappa shape index (κ2) is 7.97. The zero-order valence-electron chi connectivity index (χ0n) is 15.3. The normalized spacial score (nSPS) is 11.8. The van der Waals surface area contributed by atoms with Crippen molar-refractivity contribution in [1.82, 2.24) is 9.97 Å². The van der Waals surface area contributed by atoms with Gasteiger partial charge in [0.05, 0.1) is 12.3 Å². The third-order valence-corrected chi connectivity index (χ3v) is 4.31. The molecule has 0 bridgehead atoms. The lowest BCUT2D eigenvalue weighted by atomic mass is 10.1. The number of aliphatic hydroxyl groups excluding tert-OH is 1. The monoisotopic (exact) mass is 348 g/mol. The van der Waals surface area contributed by atoms with Crippen LogP contribution in [-0.2, 0) is 0 Å². The lowest BCUT2D eigenvalue weighted by Gasteiger charge is -2.15. The Hall–Kier alpha value is -2.92. The fourth-order valence-electron chi connectivity index (χ4n) is 2.62. The Bertz CT molecular complexity index is 880. The predicted octanol–water partition coefficient (Wildman–Crippen LogP) is 4.30. The van der Waals surface area contributed by atoms with Crippen molar-refractivity contribution in [2.45, 2.75) is 26.8 Å². The minimum Gasteiger partial charge on any atom is -0.394 e. The summed E-state index contributed by atoms with van der Waals surface area (Å²) in [5, 5.41) is 15.9. The first-order chi connectivity index (χ1) is 12.6. The van der Waals surface area contributed by atoms with Crippen molar-refractivity contribution in [2.75, 3.05) is 17.2 Å². The van der Waals surface area contributed by atoms with Crippen LogP contribution < -0.4 is 10.6 Å². The van der Waals surface area contributed by atoms with E-state index in [9.17, 15) is 5.11 Å². The van der Waals surface area contributed by atoms with Crippen LogP contribution in [0.4, 0.5) is 17.5 Å². The minimum atomic E-state index is -0.130. The zero-order chi connectivity index (χ0) is 18.5. The molecule has 0 amide bonds. The molecular weight excluding hydrogens is 324 g/mol. The Balaban J connectivity index is 2.00. The number of aryl methyl sites for hydroxylation is 1. The largest absolute Gasteiger partial charge is 0.394 e. The van der Waals surface area contributed by atoms with Crippen LogP contribution >= 0.6 is 0 Å². The molecule has 3 rings (SSSR count). The third kappa shape index (κ3) is 4.18. The highest BCUT2D eigenvalue weighted by Crippen LogP contribution is 2.26. The molecular formula is C21H24N4O. The quantitative estimate of drug-likeness (QED) is 0.620. The predicted molar refractivity (Wildman–Crippen MR) is 107 cm³/mol. The number of rotatable bonds is 6. The Labute approximate surface area is 154 Å². The van der Waals surface area contributed by atoms with Gasteiger partial charge in [0, 0.05) is 23.4 Å². The molecule has 0 radical (unpaired) electrons. The van der Waals surface area contributed by atoms with Crippen LogP contribution in [0.25, 0.3) is 11.3 Å². The van der Waals surface area contributed by atoms with Crippen molar-refractivity contribution < 1.29 is 5.11 Å². The number of hydrogen-bond donors (Lipinski definition) is 3. The van der Waals surface area contributed by atoms with Gasteiger partial charge < -0.3 is 15.7 Å². The molecule has 0 aliphatic rings. The summed E-state index contributed by atoms with van der Waals surface area (Å²) in [5.41, 5.74) is 5.26. The van der Waals surface area contributed by atoms with Gasteiger partial charge >= 0.3 is 0 Å². The molecule has 3 aromatic rings. The molecule has 0 fully saturated rings. The van der Waals surface area contributed by atoms with Gasteiger partial charge in [0.1, 0.15) is 5.82 Å². The summed E-state index contributed by atoms with van der Waals surface area (Å²) in [6, 6.07) is 17.9. The van der Waals surface area contributed by atoms with Gasteiger partial charge in [0.25, 0.3) is 0 Å². The standard InChI is InChI=1S/C21H24N4O/c1-14-8-7-11-18(16(14)3)23-20-12-19(17-9-5-4-6-10-17)24-21(25-20)22-15(2)13-26/h4-12,15,26H,13H2,1-3H3,(H2,22,23,24,25)/t15-/m0/s1. The lowest BCUT2D eigenvalue weighted by Crippen LogP contribution is -2.21. The van der Waals surface area contributed by atoms with Crippen LogP contribution in [0.5, 0.6) is 0 Å². The fourth-order valence-corrected chi connectivity index (χ4v) is 2.62. The molecule has 2 aromatic carbocycles. The maximum atomic E-state index is 9.32. The van der Waals surface area contributed by atoms with E-state index in [4.69, 9.17) is 0 Å². The van der Waals surface area contributed by atoms with Crippen LogP contribution in [-0.4, -0.2) is 27.7 Å². The number of anilines is 3. The number of aliphatic hydroxyl groups is 1. The van der Waals surface area contributed by atoms with Crippen molar-refractivity contribution in [1.29, 1.82) is 0 Å². The number of nitrogens with one attached hydrogen (secondary N) is 2. The molecule has 134 valence electrons. The molecule has 0 saturated heterocycles. The van der Waals surface area contributed by atoms with E-state index in [1.807, 2.05) is 55.5 Å². The molecule has 0 aliphatic carbocycles. The molecule has 0 saturated carbocycles. The highest BCUT2D eigenvalue weighted by molar-refractivity contribution is 5.69. The van der Waals surface area contributed by atoms with E-state index in [1.165, 1.54) is 11.1 Å². The number of hydrogen-bond acceptors (Lipinski definition) is 5. The van der Waals surface area contributed by atoms with E-state index in [0.29, 0.717) is 11.8 Å². The van der Waals surface area contributed by atoms with Gasteiger partial charge in [-0.15, -0.1) is 0 Å². The summed E-state index contributed by atoms with van der Waals surface area (Å²) in [6.45, 7) is 6.07. The highest BCUT2D eigenvalue weighted by Gasteiger charge is 2.10. The van der Waals surface area contributed by atoms with Crippen molar-refractivity contribution in [3.63, 3.8) is 0 Å². The zero-order valence-corrected chi connectivity index (χ0v) is 15.3. The second-order valence-electron chi connectivity index (χ2n) is 6.43. The van der Waals surface area contributed by atoms with E-state index in [2.05, 4.69) is 40.5 Å². The Morgan fingerprint density at radius 2 is 1.77 bits per heavy atom. The van der Waals surface area contributed by atoms with Crippen LogP contribution in [0.3, 0.4) is 0 Å². The molecule has 5 nitrogen and oxygen atoms in total. The molecule has 5 heteroatoms. The SMILES string of the molecule is Cc1cccc(Nc2cc(-c3ccccc3)nc(N[C@@H](C)CO)n2)c1C. The number of aromatic nitrogens is 2. The summed E-state index contributed by atoms with van der Waals surface area (Å²) in [7, 11) is 0. The second-order valence-corrected chi connectivity index (χ2v) is 6.43. The first kappa shape index (κ1) is 17.9. The van der Waals surface area contributed by atoms with Gasteiger partial charge in [-0.05, 0) is 38.0 Å². The Morgan fingerprint density at radius 3 is 2.50 bits per heavy atom. The molecule has 26 heavy (non-hydrogen) atoms. The molecule has 0 unspecified atom stereocenters. The average molecular weight is 348 g/mol. The Morgan fingerprint density at radius 1 is 1.00 bits per heavy atom. The first-order valence-corrected chi connectivity index (χ1v) is 8.72. The van der Waals surface area contributed by atoms with Crippen molar-refractivity contribution in [2.24, 2.45) is 0 Å². The summed E-state index contributed by atoms with van der Waals surface area (Å²) in [4.78, 5) is 9.17.